The Kier molecular flexibility index (Phi) is 9.44. The van der Waals surface area contributed by atoms with Gasteiger partial charge in [0.05, 0.1) is 13.7 Å². The molecule has 1 amide bonds. The minimum Gasteiger partial charge on any atom is -0.463 e. The van der Waals surface area contributed by atoms with Gasteiger partial charge in [-0.2, -0.15) is 21.6 Å². The minimum absolute atomic E-state index is 0.225. The molecule has 0 aliphatic carbocycles. The number of carbonyl (C=O) groups excluding carboxylic acids is 2. The third-order valence-electron chi connectivity index (χ3n) is 3.00. The number of carbonyl (C=O) groups is 2. The third kappa shape index (κ3) is 5.43. The fourth-order valence-corrected chi connectivity index (χ4v) is 3.47. The van der Waals surface area contributed by atoms with Gasteiger partial charge in [0.15, 0.2) is 0 Å². The zero-order valence-electron chi connectivity index (χ0n) is 15.5. The summed E-state index contributed by atoms with van der Waals surface area (Å²) in [6.07, 6.45) is -6.98. The largest absolute Gasteiger partial charge is 0.474 e. The maximum absolute atomic E-state index is 13.2. The lowest BCUT2D eigenvalue weighted by atomic mass is 10.4. The smallest absolute Gasteiger partial charge is 0.463 e. The molecule has 0 heterocycles. The molecule has 160 valence electrons. The van der Waals surface area contributed by atoms with Crippen molar-refractivity contribution in [2.24, 2.45) is 0 Å². The van der Waals surface area contributed by atoms with E-state index in [-0.39, 0.29) is 13.0 Å². The molecule has 0 bridgehead atoms. The molecule has 0 aromatic heterocycles. The highest BCUT2D eigenvalue weighted by atomic mass is 32.2. The van der Waals surface area contributed by atoms with Gasteiger partial charge in [-0.1, -0.05) is 18.2 Å². The van der Waals surface area contributed by atoms with E-state index >= 15 is 0 Å². The van der Waals surface area contributed by atoms with Gasteiger partial charge >= 0.3 is 34.5 Å². The quantitative estimate of drug-likeness (QED) is 0.294. The van der Waals surface area contributed by atoms with Gasteiger partial charge in [-0.05, 0) is 13.3 Å². The first-order valence-corrected chi connectivity index (χ1v) is 9.14. The zero-order valence-corrected chi connectivity index (χ0v) is 16.3. The molecule has 0 spiro atoms. The lowest BCUT2D eigenvalue weighted by Gasteiger charge is -2.39. The highest BCUT2D eigenvalue weighted by Gasteiger charge is 2.61. The average Bonchev–Trinajstić information content (AvgIpc) is 2.57. The summed E-state index contributed by atoms with van der Waals surface area (Å²) in [5, 5.41) is 0. The van der Waals surface area contributed by atoms with E-state index in [4.69, 9.17) is 9.47 Å². The molecule has 0 N–H and O–H groups in total. The second kappa shape index (κ2) is 10.1. The van der Waals surface area contributed by atoms with E-state index in [9.17, 15) is 31.2 Å². The Balaban J connectivity index is 6.69. The van der Waals surface area contributed by atoms with Crippen molar-refractivity contribution in [3.8, 4) is 0 Å². The van der Waals surface area contributed by atoms with Crippen molar-refractivity contribution in [2.45, 2.75) is 39.4 Å². The monoisotopic (exact) mass is 424 g/mol. The molecule has 14 heteroatoms. The Hall–Kier alpha value is -1.64. The third-order valence-corrected chi connectivity index (χ3v) is 4.88. The number of hydrogen-bond acceptors (Lipinski definition) is 8. The maximum atomic E-state index is 13.2. The summed E-state index contributed by atoms with van der Waals surface area (Å²) in [5.41, 5.74) is 0. The molecule has 0 aromatic rings. The summed E-state index contributed by atoms with van der Waals surface area (Å²) < 4.78 is 82.2. The molecule has 0 aliphatic heterocycles. The number of ether oxygens (including phenoxy) is 4. The summed E-state index contributed by atoms with van der Waals surface area (Å²) in [6.45, 7) is 1.88. The van der Waals surface area contributed by atoms with Crippen molar-refractivity contribution < 1.29 is 50.1 Å². The van der Waals surface area contributed by atoms with Crippen LogP contribution < -0.4 is 0 Å². The molecule has 10 nitrogen and oxygen atoms in total. The van der Waals surface area contributed by atoms with E-state index in [0.717, 1.165) is 21.1 Å². The number of nitrogens with zero attached hydrogens (tertiary/aromatic N) is 2. The molecule has 0 fully saturated rings. The van der Waals surface area contributed by atoms with Crippen molar-refractivity contribution in [3.63, 3.8) is 0 Å². The van der Waals surface area contributed by atoms with Crippen LogP contribution in [0.4, 0.5) is 18.0 Å². The summed E-state index contributed by atoms with van der Waals surface area (Å²) in [6, 6.07) is 0. The number of halogens is 3. The van der Waals surface area contributed by atoms with Crippen LogP contribution in [0.3, 0.4) is 0 Å². The average molecular weight is 424 g/mol. The van der Waals surface area contributed by atoms with Crippen LogP contribution in [0.15, 0.2) is 0 Å². The van der Waals surface area contributed by atoms with Crippen LogP contribution in [0.1, 0.15) is 27.2 Å². The van der Waals surface area contributed by atoms with Crippen molar-refractivity contribution in [3.05, 3.63) is 0 Å². The van der Waals surface area contributed by atoms with Crippen LogP contribution in [0.25, 0.3) is 0 Å². The van der Waals surface area contributed by atoms with Gasteiger partial charge in [-0.25, -0.2) is 9.59 Å². The summed E-state index contributed by atoms with van der Waals surface area (Å²) in [7, 11) is -4.17. The number of esters is 1. The maximum Gasteiger partial charge on any atom is 0.474 e. The Bertz CT molecular complexity index is 613. The Labute approximate surface area is 155 Å². The standard InChI is InChI=1S/C13H23F3N2O8S/c1-6-9-25-11(20)18(12(24-5,26-8-3)10(19)23-4)27(21,22)17(7-2)13(14,15)16/h6-9H2,1-5H3. The molecule has 0 radical (unpaired) electrons. The second-order valence-corrected chi connectivity index (χ2v) is 6.43. The molecular weight excluding hydrogens is 401 g/mol. The summed E-state index contributed by atoms with van der Waals surface area (Å²) in [5.74, 6) is -4.74. The lowest BCUT2D eigenvalue weighted by Crippen LogP contribution is -2.66. The van der Waals surface area contributed by atoms with Crippen LogP contribution in [-0.4, -0.2) is 75.3 Å². The molecule has 0 aliphatic rings. The summed E-state index contributed by atoms with van der Waals surface area (Å²) >= 11 is 0. The van der Waals surface area contributed by atoms with E-state index in [1.807, 2.05) is 0 Å². The normalized spacial score (nSPS) is 14.6. The predicted molar refractivity (Wildman–Crippen MR) is 84.2 cm³/mol. The van der Waals surface area contributed by atoms with E-state index < -0.39 is 56.2 Å². The molecule has 27 heavy (non-hydrogen) atoms. The highest BCUT2D eigenvalue weighted by Crippen LogP contribution is 2.32. The SMILES string of the molecule is CCCOC(=O)N(C(OC)(OCC)C(=O)OC)S(=O)(=O)N(CC)C(F)(F)F. The molecule has 0 aromatic carbocycles. The van der Waals surface area contributed by atoms with Crippen molar-refractivity contribution in [1.82, 2.24) is 8.61 Å². The van der Waals surface area contributed by atoms with Crippen molar-refractivity contribution in [1.29, 1.82) is 0 Å². The lowest BCUT2D eigenvalue weighted by molar-refractivity contribution is -0.274. The second-order valence-electron chi connectivity index (χ2n) is 4.73. The number of rotatable bonds is 10. The number of hydrogen-bond donors (Lipinski definition) is 0. The summed E-state index contributed by atoms with van der Waals surface area (Å²) in [4.78, 5) is 24.6. The van der Waals surface area contributed by atoms with Crippen LogP contribution in [0.5, 0.6) is 0 Å². The van der Waals surface area contributed by atoms with Gasteiger partial charge in [-0.15, -0.1) is 4.31 Å². The Morgan fingerprint density at radius 1 is 1.07 bits per heavy atom. The first-order valence-electron chi connectivity index (χ1n) is 7.74. The van der Waals surface area contributed by atoms with E-state index in [1.165, 1.54) is 6.92 Å². The topological polar surface area (TPSA) is 112 Å². The molecule has 1 unspecified atom stereocenters. The van der Waals surface area contributed by atoms with Crippen LogP contribution in [0, 0.1) is 0 Å². The first kappa shape index (κ1) is 25.4. The van der Waals surface area contributed by atoms with Gasteiger partial charge in [0.1, 0.15) is 0 Å². The highest BCUT2D eigenvalue weighted by molar-refractivity contribution is 7.87. The molecule has 0 rings (SSSR count). The van der Waals surface area contributed by atoms with E-state index in [0.29, 0.717) is 0 Å². The molecule has 0 saturated heterocycles. The molecule has 0 saturated carbocycles. The molecule has 1 atom stereocenters. The minimum atomic E-state index is -5.73. The van der Waals surface area contributed by atoms with Gasteiger partial charge in [0.2, 0.25) is 0 Å². The first-order chi connectivity index (χ1) is 12.4. The van der Waals surface area contributed by atoms with Gasteiger partial charge < -0.3 is 18.9 Å². The van der Waals surface area contributed by atoms with E-state index in [1.54, 1.807) is 6.92 Å². The number of amides is 1. The molecular formula is C13H23F3N2O8S. The fourth-order valence-electron chi connectivity index (χ4n) is 1.94. The van der Waals surface area contributed by atoms with Crippen LogP contribution >= 0.6 is 0 Å². The van der Waals surface area contributed by atoms with E-state index in [2.05, 4.69) is 9.47 Å². The van der Waals surface area contributed by atoms with Crippen molar-refractivity contribution >= 4 is 22.3 Å². The van der Waals surface area contributed by atoms with Crippen LogP contribution in [0.2, 0.25) is 0 Å². The van der Waals surface area contributed by atoms with Gasteiger partial charge in [-0.3, -0.25) is 0 Å². The van der Waals surface area contributed by atoms with Crippen molar-refractivity contribution in [2.75, 3.05) is 34.0 Å². The number of alkyl halides is 3. The predicted octanol–water partition coefficient (Wildman–Crippen LogP) is 1.43. The fraction of sp³-hybridized carbons (Fsp3) is 0.846. The number of methoxy groups -OCH3 is 2. The van der Waals surface area contributed by atoms with Crippen LogP contribution in [-0.2, 0) is 34.0 Å². The Morgan fingerprint density at radius 2 is 1.63 bits per heavy atom. The Morgan fingerprint density at radius 3 is 1.96 bits per heavy atom. The zero-order chi connectivity index (χ0) is 21.5. The van der Waals surface area contributed by atoms with Gasteiger partial charge in [0.25, 0.3) is 0 Å². The van der Waals surface area contributed by atoms with Gasteiger partial charge in [0, 0.05) is 20.3 Å².